The molecule has 70 valence electrons. The highest BCUT2D eigenvalue weighted by Gasteiger charge is 1.98. The van der Waals surface area contributed by atoms with Crippen molar-refractivity contribution in [1.29, 1.82) is 5.26 Å². The topological polar surface area (TPSA) is 39.6 Å². The van der Waals surface area contributed by atoms with Gasteiger partial charge in [-0.15, -0.1) is 0 Å². The molecule has 2 nitrogen and oxygen atoms in total. The van der Waals surface area contributed by atoms with E-state index < -0.39 is 0 Å². The summed E-state index contributed by atoms with van der Waals surface area (Å²) >= 11 is 0. The van der Waals surface area contributed by atoms with Gasteiger partial charge in [0.15, 0.2) is 0 Å². The van der Waals surface area contributed by atoms with E-state index in [4.69, 9.17) is 5.26 Å². The number of H-pyrrole nitrogens is 1. The number of unbranched alkanes of at least 4 members (excludes halogenated alkanes) is 1. The van der Waals surface area contributed by atoms with Gasteiger partial charge in [0.25, 0.3) is 0 Å². The lowest BCUT2D eigenvalue weighted by Gasteiger charge is -1.91. The summed E-state index contributed by atoms with van der Waals surface area (Å²) in [6.45, 7) is 0. The molecule has 0 amide bonds. The van der Waals surface area contributed by atoms with E-state index in [0.29, 0.717) is 6.42 Å². The first-order chi connectivity index (χ1) is 6.90. The van der Waals surface area contributed by atoms with Gasteiger partial charge in [-0.05, 0) is 30.4 Å². The van der Waals surface area contributed by atoms with E-state index in [9.17, 15) is 0 Å². The number of aromatic nitrogens is 1. The standard InChI is InChI=1S/C12H12N2/c13-8-4-3-6-11-9-10-5-1-2-7-12(10)14-11/h1-2,5,7,9,14H,3-4,6H2. The molecule has 1 aromatic heterocycles. The number of para-hydroxylation sites is 1. The van der Waals surface area contributed by atoms with Crippen molar-refractivity contribution in [2.45, 2.75) is 19.3 Å². The van der Waals surface area contributed by atoms with Crippen LogP contribution in [0.3, 0.4) is 0 Å². The van der Waals surface area contributed by atoms with Gasteiger partial charge >= 0.3 is 0 Å². The van der Waals surface area contributed by atoms with E-state index in [1.54, 1.807) is 0 Å². The van der Waals surface area contributed by atoms with Gasteiger partial charge in [-0.3, -0.25) is 0 Å². The number of hydrogen-bond acceptors (Lipinski definition) is 1. The van der Waals surface area contributed by atoms with Crippen LogP contribution in [0.15, 0.2) is 30.3 Å². The molecular weight excluding hydrogens is 172 g/mol. The lowest BCUT2D eigenvalue weighted by atomic mass is 10.2. The van der Waals surface area contributed by atoms with Gasteiger partial charge in [-0.25, -0.2) is 0 Å². The maximum absolute atomic E-state index is 8.42. The van der Waals surface area contributed by atoms with E-state index in [2.05, 4.69) is 29.3 Å². The van der Waals surface area contributed by atoms with Crippen LogP contribution in [0.2, 0.25) is 0 Å². The summed E-state index contributed by atoms with van der Waals surface area (Å²) in [6.07, 6.45) is 2.53. The number of nitriles is 1. The molecule has 2 rings (SSSR count). The molecule has 0 radical (unpaired) electrons. The Labute approximate surface area is 83.2 Å². The molecular formula is C12H12N2. The molecule has 0 spiro atoms. The molecule has 2 heteroatoms. The molecule has 0 aliphatic rings. The van der Waals surface area contributed by atoms with Crippen molar-refractivity contribution in [3.8, 4) is 6.07 Å². The van der Waals surface area contributed by atoms with Crippen molar-refractivity contribution in [3.05, 3.63) is 36.0 Å². The van der Waals surface area contributed by atoms with Crippen LogP contribution in [0.4, 0.5) is 0 Å². The number of benzene rings is 1. The van der Waals surface area contributed by atoms with Gasteiger partial charge < -0.3 is 4.98 Å². The van der Waals surface area contributed by atoms with Crippen LogP contribution in [0, 0.1) is 11.3 Å². The number of nitrogens with one attached hydrogen (secondary N) is 1. The van der Waals surface area contributed by atoms with Crippen LogP contribution in [0.1, 0.15) is 18.5 Å². The van der Waals surface area contributed by atoms with Crippen molar-refractivity contribution >= 4 is 10.9 Å². The van der Waals surface area contributed by atoms with Gasteiger partial charge in [0.1, 0.15) is 0 Å². The molecule has 14 heavy (non-hydrogen) atoms. The van der Waals surface area contributed by atoms with Gasteiger partial charge in [0, 0.05) is 17.6 Å². The number of nitrogens with zero attached hydrogens (tertiary/aromatic N) is 1. The first-order valence-electron chi connectivity index (χ1n) is 4.84. The molecule has 0 bridgehead atoms. The molecule has 2 aromatic rings. The third-order valence-electron chi connectivity index (χ3n) is 2.32. The van der Waals surface area contributed by atoms with Gasteiger partial charge in [0.05, 0.1) is 6.07 Å². The quantitative estimate of drug-likeness (QED) is 0.732. The second-order valence-electron chi connectivity index (χ2n) is 3.39. The van der Waals surface area contributed by atoms with Crippen LogP contribution in [0.5, 0.6) is 0 Å². The Kier molecular flexibility index (Phi) is 2.51. The minimum Gasteiger partial charge on any atom is -0.358 e. The average Bonchev–Trinajstić information content (AvgIpc) is 2.60. The molecule has 0 saturated carbocycles. The van der Waals surface area contributed by atoms with E-state index in [-0.39, 0.29) is 0 Å². The van der Waals surface area contributed by atoms with Crippen LogP contribution in [-0.2, 0) is 6.42 Å². The van der Waals surface area contributed by atoms with Crippen LogP contribution in [0.25, 0.3) is 10.9 Å². The predicted octanol–water partition coefficient (Wildman–Crippen LogP) is 3.01. The van der Waals surface area contributed by atoms with E-state index in [1.807, 2.05) is 12.1 Å². The maximum Gasteiger partial charge on any atom is 0.0621 e. The number of hydrogen-bond donors (Lipinski definition) is 1. The van der Waals surface area contributed by atoms with Gasteiger partial charge in [0.2, 0.25) is 0 Å². The van der Waals surface area contributed by atoms with Crippen LogP contribution in [-0.4, -0.2) is 4.98 Å². The highest BCUT2D eigenvalue weighted by atomic mass is 14.7. The minimum absolute atomic E-state index is 0.634. The molecule has 1 heterocycles. The summed E-state index contributed by atoms with van der Waals surface area (Å²) in [6, 6.07) is 12.5. The first kappa shape index (κ1) is 8.83. The normalized spacial score (nSPS) is 10.2. The zero-order chi connectivity index (χ0) is 9.80. The molecule has 1 aromatic carbocycles. The fourth-order valence-corrected chi connectivity index (χ4v) is 1.63. The molecule has 0 aliphatic heterocycles. The zero-order valence-electron chi connectivity index (χ0n) is 7.96. The Hall–Kier alpha value is -1.75. The molecule has 0 saturated heterocycles. The van der Waals surface area contributed by atoms with Crippen molar-refractivity contribution in [2.75, 3.05) is 0 Å². The first-order valence-corrected chi connectivity index (χ1v) is 4.84. The maximum atomic E-state index is 8.42. The summed E-state index contributed by atoms with van der Waals surface area (Å²) in [4.78, 5) is 3.35. The summed E-state index contributed by atoms with van der Waals surface area (Å²) in [5.74, 6) is 0. The molecule has 1 N–H and O–H groups in total. The van der Waals surface area contributed by atoms with E-state index >= 15 is 0 Å². The number of aromatic amines is 1. The largest absolute Gasteiger partial charge is 0.358 e. The highest BCUT2D eigenvalue weighted by Crippen LogP contribution is 2.15. The fourth-order valence-electron chi connectivity index (χ4n) is 1.63. The number of fused-ring (bicyclic) bond motifs is 1. The minimum atomic E-state index is 0.634. The van der Waals surface area contributed by atoms with Crippen molar-refractivity contribution in [2.24, 2.45) is 0 Å². The Bertz CT molecular complexity index is 429. The summed E-state index contributed by atoms with van der Waals surface area (Å²) in [5.41, 5.74) is 2.40. The Morgan fingerprint density at radius 2 is 2.14 bits per heavy atom. The fraction of sp³-hybridized carbons (Fsp3) is 0.250. The lowest BCUT2D eigenvalue weighted by molar-refractivity contribution is 0.833. The van der Waals surface area contributed by atoms with Crippen LogP contribution >= 0.6 is 0 Å². The van der Waals surface area contributed by atoms with Gasteiger partial charge in [-0.1, -0.05) is 18.2 Å². The summed E-state index contributed by atoms with van der Waals surface area (Å²) < 4.78 is 0. The lowest BCUT2D eigenvalue weighted by Crippen LogP contribution is -1.83. The monoisotopic (exact) mass is 184 g/mol. The van der Waals surface area contributed by atoms with Crippen molar-refractivity contribution in [3.63, 3.8) is 0 Å². The number of aryl methyl sites for hydroxylation is 1. The Morgan fingerprint density at radius 3 is 2.93 bits per heavy atom. The zero-order valence-corrected chi connectivity index (χ0v) is 7.96. The van der Waals surface area contributed by atoms with Crippen LogP contribution < -0.4 is 0 Å². The van der Waals surface area contributed by atoms with Crippen molar-refractivity contribution < 1.29 is 0 Å². The van der Waals surface area contributed by atoms with E-state index in [0.717, 1.165) is 12.8 Å². The second kappa shape index (κ2) is 3.97. The predicted molar refractivity (Wildman–Crippen MR) is 56.8 cm³/mol. The van der Waals surface area contributed by atoms with E-state index in [1.165, 1.54) is 16.6 Å². The highest BCUT2D eigenvalue weighted by molar-refractivity contribution is 5.80. The summed E-state index contributed by atoms with van der Waals surface area (Å²) in [5, 5.41) is 9.67. The number of rotatable bonds is 3. The molecule has 0 unspecified atom stereocenters. The third kappa shape index (κ3) is 1.77. The third-order valence-corrected chi connectivity index (χ3v) is 2.32. The SMILES string of the molecule is N#CCCCc1cc2ccccc2[nH]1. The molecule has 0 atom stereocenters. The van der Waals surface area contributed by atoms with Crippen molar-refractivity contribution in [1.82, 2.24) is 4.98 Å². The average molecular weight is 184 g/mol. The smallest absolute Gasteiger partial charge is 0.0621 e. The molecule has 0 aliphatic carbocycles. The Balaban J connectivity index is 2.15. The molecule has 0 fully saturated rings. The Morgan fingerprint density at radius 1 is 1.29 bits per heavy atom. The summed E-state index contributed by atoms with van der Waals surface area (Å²) in [7, 11) is 0. The van der Waals surface area contributed by atoms with Gasteiger partial charge in [-0.2, -0.15) is 5.26 Å². The second-order valence-corrected chi connectivity index (χ2v) is 3.39.